The zero-order valence-corrected chi connectivity index (χ0v) is 11.7. The molecule has 0 spiro atoms. The van der Waals surface area contributed by atoms with Crippen LogP contribution in [0.2, 0.25) is 0 Å². The van der Waals surface area contributed by atoms with E-state index in [9.17, 15) is 4.79 Å². The highest BCUT2D eigenvalue weighted by molar-refractivity contribution is 5.72. The molecule has 0 aromatic carbocycles. The SMILES string of the molecule is CCOC(=O)[C@H]1CCCN(CCC(C)(C)C#N)C1. The monoisotopic (exact) mass is 252 g/mol. The van der Waals surface area contributed by atoms with E-state index in [0.717, 1.165) is 38.9 Å². The van der Waals surface area contributed by atoms with Crippen molar-refractivity contribution in [3.63, 3.8) is 0 Å². The van der Waals surface area contributed by atoms with Crippen molar-refractivity contribution >= 4 is 5.97 Å². The van der Waals surface area contributed by atoms with E-state index in [1.54, 1.807) is 0 Å². The first-order chi connectivity index (χ1) is 8.48. The van der Waals surface area contributed by atoms with Gasteiger partial charge in [-0.3, -0.25) is 4.79 Å². The van der Waals surface area contributed by atoms with E-state index in [1.807, 2.05) is 20.8 Å². The normalized spacial score (nSPS) is 21.3. The second-order valence-electron chi connectivity index (χ2n) is 5.64. The highest BCUT2D eigenvalue weighted by Crippen LogP contribution is 2.22. The van der Waals surface area contributed by atoms with Crippen molar-refractivity contribution in [2.45, 2.75) is 40.0 Å². The Labute approximate surface area is 110 Å². The molecule has 0 aromatic rings. The number of nitriles is 1. The van der Waals surface area contributed by atoms with Crippen LogP contribution < -0.4 is 0 Å². The molecule has 1 atom stereocenters. The fraction of sp³-hybridized carbons (Fsp3) is 0.857. The van der Waals surface area contributed by atoms with Crippen LogP contribution in [-0.2, 0) is 9.53 Å². The van der Waals surface area contributed by atoms with Crippen molar-refractivity contribution in [1.29, 1.82) is 5.26 Å². The zero-order chi connectivity index (χ0) is 13.6. The number of carbonyl (C=O) groups excluding carboxylic acids is 1. The molecule has 4 nitrogen and oxygen atoms in total. The molecule has 0 saturated carbocycles. The topological polar surface area (TPSA) is 53.3 Å². The number of hydrogen-bond acceptors (Lipinski definition) is 4. The number of esters is 1. The Kier molecular flexibility index (Phi) is 5.61. The summed E-state index contributed by atoms with van der Waals surface area (Å²) >= 11 is 0. The molecule has 0 unspecified atom stereocenters. The maximum atomic E-state index is 11.7. The lowest BCUT2D eigenvalue weighted by Gasteiger charge is -2.32. The Morgan fingerprint density at radius 3 is 2.89 bits per heavy atom. The van der Waals surface area contributed by atoms with Crippen LogP contribution in [0.5, 0.6) is 0 Å². The Morgan fingerprint density at radius 1 is 1.56 bits per heavy atom. The predicted molar refractivity (Wildman–Crippen MR) is 69.8 cm³/mol. The standard InChI is InChI=1S/C14H24N2O2/c1-4-18-13(17)12-6-5-8-16(10-12)9-7-14(2,3)11-15/h12H,4-10H2,1-3H3/t12-/m0/s1. The summed E-state index contributed by atoms with van der Waals surface area (Å²) in [6.45, 7) is 8.90. The molecule has 0 aromatic heterocycles. The molecular weight excluding hydrogens is 228 g/mol. The van der Waals surface area contributed by atoms with Gasteiger partial charge in [-0.05, 0) is 53.1 Å². The molecule has 102 valence electrons. The second kappa shape index (κ2) is 6.75. The van der Waals surface area contributed by atoms with Gasteiger partial charge < -0.3 is 9.64 Å². The zero-order valence-electron chi connectivity index (χ0n) is 11.7. The molecule has 18 heavy (non-hydrogen) atoms. The lowest BCUT2D eigenvalue weighted by molar-refractivity contribution is -0.149. The smallest absolute Gasteiger partial charge is 0.310 e. The summed E-state index contributed by atoms with van der Waals surface area (Å²) < 4.78 is 5.08. The van der Waals surface area contributed by atoms with Gasteiger partial charge in [-0.2, -0.15) is 5.26 Å². The summed E-state index contributed by atoms with van der Waals surface area (Å²) in [5.41, 5.74) is -0.281. The highest BCUT2D eigenvalue weighted by atomic mass is 16.5. The molecule has 0 aliphatic carbocycles. The molecular formula is C14H24N2O2. The average molecular weight is 252 g/mol. The Balaban J connectivity index is 2.40. The molecule has 1 fully saturated rings. The van der Waals surface area contributed by atoms with Crippen LogP contribution in [0.1, 0.15) is 40.0 Å². The van der Waals surface area contributed by atoms with Crippen molar-refractivity contribution < 1.29 is 9.53 Å². The van der Waals surface area contributed by atoms with E-state index < -0.39 is 0 Å². The number of nitrogens with zero attached hydrogens (tertiary/aromatic N) is 2. The molecule has 0 amide bonds. The van der Waals surface area contributed by atoms with Gasteiger partial charge in [0.25, 0.3) is 0 Å². The first-order valence-corrected chi connectivity index (χ1v) is 6.79. The van der Waals surface area contributed by atoms with Gasteiger partial charge in [-0.15, -0.1) is 0 Å². The van der Waals surface area contributed by atoms with E-state index in [4.69, 9.17) is 10.00 Å². The van der Waals surface area contributed by atoms with Gasteiger partial charge in [0.05, 0.1) is 24.0 Å². The number of ether oxygens (including phenoxy) is 1. The Bertz CT molecular complexity index is 320. The number of likely N-dealkylation sites (tertiary alicyclic amines) is 1. The molecule has 0 bridgehead atoms. The highest BCUT2D eigenvalue weighted by Gasteiger charge is 2.27. The van der Waals surface area contributed by atoms with Crippen LogP contribution in [0.4, 0.5) is 0 Å². The third-order valence-electron chi connectivity index (χ3n) is 3.48. The lowest BCUT2D eigenvalue weighted by Crippen LogP contribution is -2.40. The van der Waals surface area contributed by atoms with Gasteiger partial charge >= 0.3 is 5.97 Å². The van der Waals surface area contributed by atoms with Crippen molar-refractivity contribution in [3.05, 3.63) is 0 Å². The summed E-state index contributed by atoms with van der Waals surface area (Å²) in [5.74, 6) is -0.0503. The quantitative estimate of drug-likeness (QED) is 0.704. The van der Waals surface area contributed by atoms with Crippen LogP contribution in [0.15, 0.2) is 0 Å². The van der Waals surface area contributed by atoms with Gasteiger partial charge in [-0.25, -0.2) is 0 Å². The van der Waals surface area contributed by atoms with Gasteiger partial charge in [0.15, 0.2) is 0 Å². The van der Waals surface area contributed by atoms with Gasteiger partial charge in [0.1, 0.15) is 0 Å². The van der Waals surface area contributed by atoms with Crippen molar-refractivity contribution in [3.8, 4) is 6.07 Å². The van der Waals surface area contributed by atoms with Gasteiger partial charge in [0, 0.05) is 6.54 Å². The third kappa shape index (κ3) is 4.66. The van der Waals surface area contributed by atoms with Crippen LogP contribution in [0.25, 0.3) is 0 Å². The minimum atomic E-state index is -0.281. The fourth-order valence-corrected chi connectivity index (χ4v) is 2.20. The molecule has 1 aliphatic rings. The molecule has 1 rings (SSSR count). The minimum Gasteiger partial charge on any atom is -0.466 e. The summed E-state index contributed by atoms with van der Waals surface area (Å²) in [6.07, 6.45) is 2.81. The van der Waals surface area contributed by atoms with Crippen molar-refractivity contribution in [2.24, 2.45) is 11.3 Å². The van der Waals surface area contributed by atoms with Crippen LogP contribution in [0, 0.1) is 22.7 Å². The molecule has 1 heterocycles. The third-order valence-corrected chi connectivity index (χ3v) is 3.48. The van der Waals surface area contributed by atoms with E-state index in [2.05, 4.69) is 11.0 Å². The maximum absolute atomic E-state index is 11.7. The Morgan fingerprint density at radius 2 is 2.28 bits per heavy atom. The van der Waals surface area contributed by atoms with E-state index in [-0.39, 0.29) is 17.3 Å². The number of piperidine rings is 1. The van der Waals surface area contributed by atoms with E-state index in [0.29, 0.717) is 6.61 Å². The maximum Gasteiger partial charge on any atom is 0.310 e. The Hall–Kier alpha value is -1.08. The first kappa shape index (κ1) is 15.0. The molecule has 0 radical (unpaired) electrons. The number of carbonyl (C=O) groups is 1. The average Bonchev–Trinajstić information content (AvgIpc) is 2.37. The van der Waals surface area contributed by atoms with Crippen LogP contribution in [-0.4, -0.2) is 37.1 Å². The van der Waals surface area contributed by atoms with E-state index in [1.165, 1.54) is 0 Å². The molecule has 0 N–H and O–H groups in total. The number of rotatable bonds is 5. The fourth-order valence-electron chi connectivity index (χ4n) is 2.20. The van der Waals surface area contributed by atoms with Crippen molar-refractivity contribution in [2.75, 3.05) is 26.2 Å². The largest absolute Gasteiger partial charge is 0.466 e. The van der Waals surface area contributed by atoms with Crippen molar-refractivity contribution in [1.82, 2.24) is 4.90 Å². The summed E-state index contributed by atoms with van der Waals surface area (Å²) in [7, 11) is 0. The van der Waals surface area contributed by atoms with E-state index >= 15 is 0 Å². The summed E-state index contributed by atoms with van der Waals surface area (Å²) in [4.78, 5) is 14.0. The first-order valence-electron chi connectivity index (χ1n) is 6.79. The second-order valence-corrected chi connectivity index (χ2v) is 5.64. The van der Waals surface area contributed by atoms with Crippen LogP contribution in [0.3, 0.4) is 0 Å². The van der Waals surface area contributed by atoms with Gasteiger partial charge in [-0.1, -0.05) is 0 Å². The summed E-state index contributed by atoms with van der Waals surface area (Å²) in [6, 6.07) is 2.32. The van der Waals surface area contributed by atoms with Gasteiger partial charge in [0.2, 0.25) is 0 Å². The summed E-state index contributed by atoms with van der Waals surface area (Å²) in [5, 5.41) is 8.99. The molecule has 1 aliphatic heterocycles. The van der Waals surface area contributed by atoms with Crippen LogP contribution >= 0.6 is 0 Å². The lowest BCUT2D eigenvalue weighted by atomic mass is 9.90. The molecule has 4 heteroatoms. The molecule has 1 saturated heterocycles. The predicted octanol–water partition coefficient (Wildman–Crippen LogP) is 2.20. The number of hydrogen-bond donors (Lipinski definition) is 0. The minimum absolute atomic E-state index is 0.0175.